The Morgan fingerprint density at radius 1 is 1.16 bits per heavy atom. The molecule has 19 heavy (non-hydrogen) atoms. The van der Waals surface area contributed by atoms with Crippen molar-refractivity contribution in [1.29, 1.82) is 0 Å². The third-order valence-corrected chi connectivity index (χ3v) is 5.19. The van der Waals surface area contributed by atoms with Gasteiger partial charge in [-0.05, 0) is 42.0 Å². The van der Waals surface area contributed by atoms with Gasteiger partial charge < -0.3 is 5.11 Å². The van der Waals surface area contributed by atoms with Crippen molar-refractivity contribution in [2.24, 2.45) is 0 Å². The molecular formula is C13H11ClO4S. The highest BCUT2D eigenvalue weighted by molar-refractivity contribution is 7.92. The monoisotopic (exact) mass is 298 g/mol. The van der Waals surface area contributed by atoms with Gasteiger partial charge in [-0.1, -0.05) is 23.7 Å². The molecule has 0 amide bonds. The van der Waals surface area contributed by atoms with E-state index < -0.39 is 21.1 Å². The van der Waals surface area contributed by atoms with Gasteiger partial charge in [0.15, 0.2) is 15.1 Å². The van der Waals surface area contributed by atoms with Gasteiger partial charge in [-0.15, -0.1) is 0 Å². The highest BCUT2D eigenvalue weighted by Crippen LogP contribution is 2.24. The van der Waals surface area contributed by atoms with Crippen LogP contribution >= 0.6 is 11.6 Å². The SMILES string of the molecule is CC(C(=O)O)S(=O)(=O)c1ccc2cc(Cl)ccc2c1. The van der Waals surface area contributed by atoms with Crippen LogP contribution in [0.3, 0.4) is 0 Å². The van der Waals surface area contributed by atoms with Gasteiger partial charge in [0.25, 0.3) is 0 Å². The zero-order valence-corrected chi connectivity index (χ0v) is 11.6. The van der Waals surface area contributed by atoms with Gasteiger partial charge in [-0.25, -0.2) is 8.42 Å². The van der Waals surface area contributed by atoms with Gasteiger partial charge in [-0.3, -0.25) is 4.79 Å². The molecule has 0 saturated heterocycles. The van der Waals surface area contributed by atoms with Crippen LogP contribution in [0.4, 0.5) is 0 Å². The maximum Gasteiger partial charge on any atom is 0.321 e. The van der Waals surface area contributed by atoms with Gasteiger partial charge >= 0.3 is 5.97 Å². The molecule has 4 nitrogen and oxygen atoms in total. The van der Waals surface area contributed by atoms with Crippen molar-refractivity contribution in [3.05, 3.63) is 41.4 Å². The number of hydrogen-bond donors (Lipinski definition) is 1. The number of aliphatic carboxylic acids is 1. The summed E-state index contributed by atoms with van der Waals surface area (Å²) in [5.74, 6) is -1.36. The number of hydrogen-bond acceptors (Lipinski definition) is 3. The molecule has 0 aliphatic rings. The van der Waals surface area contributed by atoms with E-state index in [0.29, 0.717) is 10.4 Å². The Labute approximate surface area is 115 Å². The van der Waals surface area contributed by atoms with Crippen molar-refractivity contribution in [3.8, 4) is 0 Å². The Hall–Kier alpha value is -1.59. The zero-order chi connectivity index (χ0) is 14.2. The van der Waals surface area contributed by atoms with E-state index in [1.165, 1.54) is 12.1 Å². The predicted molar refractivity (Wildman–Crippen MR) is 73.2 cm³/mol. The minimum Gasteiger partial charge on any atom is -0.480 e. The lowest BCUT2D eigenvalue weighted by atomic mass is 10.1. The van der Waals surface area contributed by atoms with E-state index in [1.807, 2.05) is 0 Å². The van der Waals surface area contributed by atoms with Crippen molar-refractivity contribution in [1.82, 2.24) is 0 Å². The molecule has 0 spiro atoms. The summed E-state index contributed by atoms with van der Waals surface area (Å²) in [5.41, 5.74) is 0. The van der Waals surface area contributed by atoms with Gasteiger partial charge in [0.1, 0.15) is 0 Å². The number of halogens is 1. The van der Waals surface area contributed by atoms with E-state index in [-0.39, 0.29) is 4.90 Å². The lowest BCUT2D eigenvalue weighted by Crippen LogP contribution is -2.26. The molecule has 0 saturated carbocycles. The number of carboxylic acid groups (broad SMARTS) is 1. The summed E-state index contributed by atoms with van der Waals surface area (Å²) in [6, 6.07) is 9.54. The Bertz CT molecular complexity index is 752. The first-order valence-electron chi connectivity index (χ1n) is 5.48. The van der Waals surface area contributed by atoms with E-state index in [0.717, 1.165) is 12.3 Å². The summed E-state index contributed by atoms with van der Waals surface area (Å²) in [4.78, 5) is 10.8. The van der Waals surface area contributed by atoms with Gasteiger partial charge in [-0.2, -0.15) is 0 Å². The summed E-state index contributed by atoms with van der Waals surface area (Å²) in [6.07, 6.45) is 0. The number of rotatable bonds is 3. The third-order valence-electron chi connectivity index (χ3n) is 2.92. The highest BCUT2D eigenvalue weighted by Gasteiger charge is 2.29. The van der Waals surface area contributed by atoms with Crippen LogP contribution in [0.5, 0.6) is 0 Å². The zero-order valence-electron chi connectivity index (χ0n) is 10.00. The minimum absolute atomic E-state index is 0.00257. The third kappa shape index (κ3) is 2.57. The van der Waals surface area contributed by atoms with Crippen molar-refractivity contribution in [2.75, 3.05) is 0 Å². The predicted octanol–water partition coefficient (Wildman–Crippen LogP) is 2.74. The van der Waals surface area contributed by atoms with Crippen LogP contribution in [-0.2, 0) is 14.6 Å². The summed E-state index contributed by atoms with van der Waals surface area (Å²) in [6.45, 7) is 1.16. The molecule has 0 heterocycles. The number of sulfone groups is 1. The molecule has 0 aliphatic carbocycles. The minimum atomic E-state index is -3.87. The maximum absolute atomic E-state index is 12.1. The van der Waals surface area contributed by atoms with E-state index in [1.54, 1.807) is 24.3 Å². The second-order valence-electron chi connectivity index (χ2n) is 4.18. The number of benzene rings is 2. The van der Waals surface area contributed by atoms with Crippen LogP contribution < -0.4 is 0 Å². The van der Waals surface area contributed by atoms with Crippen LogP contribution in [-0.4, -0.2) is 24.7 Å². The van der Waals surface area contributed by atoms with Crippen LogP contribution in [0.1, 0.15) is 6.92 Å². The quantitative estimate of drug-likeness (QED) is 0.946. The molecule has 2 rings (SSSR count). The fraction of sp³-hybridized carbons (Fsp3) is 0.154. The van der Waals surface area contributed by atoms with E-state index in [4.69, 9.17) is 16.7 Å². The van der Waals surface area contributed by atoms with Crippen LogP contribution in [0.2, 0.25) is 5.02 Å². The average Bonchev–Trinajstić information content (AvgIpc) is 2.36. The lowest BCUT2D eigenvalue weighted by Gasteiger charge is -2.09. The first kappa shape index (κ1) is 13.8. The number of carbonyl (C=O) groups is 1. The van der Waals surface area contributed by atoms with E-state index in [9.17, 15) is 13.2 Å². The molecule has 1 N–H and O–H groups in total. The highest BCUT2D eigenvalue weighted by atomic mass is 35.5. The smallest absolute Gasteiger partial charge is 0.321 e. The first-order valence-corrected chi connectivity index (χ1v) is 7.41. The summed E-state index contributed by atoms with van der Waals surface area (Å²) < 4.78 is 24.2. The number of carboxylic acids is 1. The fourth-order valence-corrected chi connectivity index (χ4v) is 3.11. The largest absolute Gasteiger partial charge is 0.480 e. The average molecular weight is 299 g/mol. The van der Waals surface area contributed by atoms with E-state index in [2.05, 4.69) is 0 Å². The standard InChI is InChI=1S/C13H11ClO4S/c1-8(13(15)16)19(17,18)12-5-3-9-6-11(14)4-2-10(9)7-12/h2-8H,1H3,(H,15,16). The lowest BCUT2D eigenvalue weighted by molar-refractivity contribution is -0.136. The van der Waals surface area contributed by atoms with Crippen LogP contribution in [0, 0.1) is 0 Å². The number of fused-ring (bicyclic) bond motifs is 1. The Kier molecular flexibility index (Phi) is 3.52. The maximum atomic E-state index is 12.1. The second kappa shape index (κ2) is 4.83. The normalized spacial score (nSPS) is 13.4. The van der Waals surface area contributed by atoms with Gasteiger partial charge in [0, 0.05) is 5.02 Å². The first-order chi connectivity index (χ1) is 8.82. The fourth-order valence-electron chi connectivity index (χ4n) is 1.71. The van der Waals surface area contributed by atoms with Crippen molar-refractivity contribution >= 4 is 38.2 Å². The molecule has 2 aromatic carbocycles. The molecule has 0 bridgehead atoms. The molecule has 0 radical (unpaired) electrons. The summed E-state index contributed by atoms with van der Waals surface area (Å²) in [7, 11) is -3.87. The van der Waals surface area contributed by atoms with Crippen molar-refractivity contribution in [3.63, 3.8) is 0 Å². The Morgan fingerprint density at radius 2 is 1.74 bits per heavy atom. The molecule has 100 valence electrons. The van der Waals surface area contributed by atoms with Crippen LogP contribution in [0.15, 0.2) is 41.3 Å². The molecule has 0 aromatic heterocycles. The van der Waals surface area contributed by atoms with E-state index >= 15 is 0 Å². The van der Waals surface area contributed by atoms with Crippen molar-refractivity contribution in [2.45, 2.75) is 17.1 Å². The molecule has 2 aromatic rings. The Balaban J connectivity index is 2.58. The molecule has 0 aliphatic heterocycles. The summed E-state index contributed by atoms with van der Waals surface area (Å²) >= 11 is 5.84. The molecule has 6 heteroatoms. The molecule has 0 fully saturated rings. The second-order valence-corrected chi connectivity index (χ2v) is 6.88. The topological polar surface area (TPSA) is 71.4 Å². The molecular weight excluding hydrogens is 288 g/mol. The van der Waals surface area contributed by atoms with Gasteiger partial charge in [0.2, 0.25) is 0 Å². The Morgan fingerprint density at radius 3 is 2.37 bits per heavy atom. The summed E-state index contributed by atoms with van der Waals surface area (Å²) in [5, 5.41) is 9.41. The molecule has 1 atom stereocenters. The molecule has 1 unspecified atom stereocenters. The van der Waals surface area contributed by atoms with Crippen molar-refractivity contribution < 1.29 is 18.3 Å². The van der Waals surface area contributed by atoms with Crippen LogP contribution in [0.25, 0.3) is 10.8 Å². The van der Waals surface area contributed by atoms with Gasteiger partial charge in [0.05, 0.1) is 4.90 Å².